The van der Waals surface area contributed by atoms with Gasteiger partial charge in [0.15, 0.2) is 0 Å². The van der Waals surface area contributed by atoms with Gasteiger partial charge in [0.2, 0.25) is 0 Å². The Morgan fingerprint density at radius 2 is 2.25 bits per heavy atom. The summed E-state index contributed by atoms with van der Waals surface area (Å²) in [6, 6.07) is -0.215. The number of ether oxygens (including phenoxy) is 1. The van der Waals surface area contributed by atoms with E-state index in [-0.39, 0.29) is 18.2 Å². The summed E-state index contributed by atoms with van der Waals surface area (Å²) in [6.07, 6.45) is 1.17. The fourth-order valence-corrected chi connectivity index (χ4v) is 2.22. The molecule has 0 bridgehead atoms. The van der Waals surface area contributed by atoms with E-state index in [1.165, 1.54) is 6.26 Å². The lowest BCUT2D eigenvalue weighted by Crippen LogP contribution is -2.48. The number of nitrogens with zero attached hydrogens (tertiary/aromatic N) is 1. The monoisotopic (exact) mass is 251 g/mol. The lowest BCUT2D eigenvalue weighted by molar-refractivity contribution is -0.140. The van der Waals surface area contributed by atoms with Crippen molar-refractivity contribution < 1.29 is 23.1 Å². The Bertz CT molecular complexity index is 340. The van der Waals surface area contributed by atoms with Gasteiger partial charge in [-0.25, -0.2) is 8.42 Å². The van der Waals surface area contributed by atoms with Gasteiger partial charge in [-0.3, -0.25) is 9.69 Å². The van der Waals surface area contributed by atoms with Crippen molar-refractivity contribution in [3.8, 4) is 0 Å². The van der Waals surface area contributed by atoms with Crippen LogP contribution in [0.1, 0.15) is 6.42 Å². The molecule has 16 heavy (non-hydrogen) atoms. The highest BCUT2D eigenvalue weighted by Crippen LogP contribution is 2.10. The van der Waals surface area contributed by atoms with Gasteiger partial charge in [-0.2, -0.15) is 0 Å². The zero-order chi connectivity index (χ0) is 12.2. The zero-order valence-electron chi connectivity index (χ0n) is 9.26. The predicted molar refractivity (Wildman–Crippen MR) is 58.1 cm³/mol. The van der Waals surface area contributed by atoms with Gasteiger partial charge in [0.25, 0.3) is 0 Å². The Hall–Kier alpha value is -0.660. The molecule has 1 saturated heterocycles. The second-order valence-corrected chi connectivity index (χ2v) is 6.25. The topological polar surface area (TPSA) is 83.9 Å². The Balaban J connectivity index is 2.50. The third-order valence-corrected chi connectivity index (χ3v) is 3.43. The molecule has 0 spiro atoms. The summed E-state index contributed by atoms with van der Waals surface area (Å²) < 4.78 is 27.2. The summed E-state index contributed by atoms with van der Waals surface area (Å²) in [7, 11) is -3.01. The van der Waals surface area contributed by atoms with E-state index in [0.717, 1.165) is 0 Å². The first-order chi connectivity index (χ1) is 7.38. The molecule has 7 heteroatoms. The minimum atomic E-state index is -3.01. The van der Waals surface area contributed by atoms with E-state index in [1.54, 1.807) is 0 Å². The molecule has 1 aliphatic rings. The maximum Gasteiger partial charge on any atom is 0.305 e. The summed E-state index contributed by atoms with van der Waals surface area (Å²) in [5.41, 5.74) is 0. The number of sulfone groups is 1. The fourth-order valence-electron chi connectivity index (χ4n) is 1.66. The number of carboxylic acid groups (broad SMARTS) is 1. The molecule has 1 fully saturated rings. The summed E-state index contributed by atoms with van der Waals surface area (Å²) in [5, 5.41) is 8.71. The van der Waals surface area contributed by atoms with Gasteiger partial charge in [0, 0.05) is 25.4 Å². The van der Waals surface area contributed by atoms with Crippen LogP contribution in [0, 0.1) is 0 Å². The van der Waals surface area contributed by atoms with Crippen LogP contribution in [0.3, 0.4) is 0 Å². The molecule has 0 radical (unpaired) electrons. The number of rotatable bonds is 5. The highest BCUT2D eigenvalue weighted by atomic mass is 32.2. The number of aliphatic carboxylic acids is 1. The van der Waals surface area contributed by atoms with Gasteiger partial charge < -0.3 is 9.84 Å². The second-order valence-electron chi connectivity index (χ2n) is 3.99. The van der Waals surface area contributed by atoms with E-state index in [1.807, 2.05) is 4.90 Å². The van der Waals surface area contributed by atoms with Crippen LogP contribution in [-0.2, 0) is 19.4 Å². The molecule has 0 amide bonds. The molecule has 0 aromatic carbocycles. The molecule has 0 aromatic heterocycles. The van der Waals surface area contributed by atoms with E-state index in [2.05, 4.69) is 0 Å². The van der Waals surface area contributed by atoms with Crippen LogP contribution in [0.5, 0.6) is 0 Å². The lowest BCUT2D eigenvalue weighted by atomic mass is 10.1. The average Bonchev–Trinajstić information content (AvgIpc) is 2.14. The smallest absolute Gasteiger partial charge is 0.305 e. The highest BCUT2D eigenvalue weighted by Gasteiger charge is 2.25. The lowest BCUT2D eigenvalue weighted by Gasteiger charge is -2.34. The molecular weight excluding hydrogens is 234 g/mol. The van der Waals surface area contributed by atoms with Crippen molar-refractivity contribution >= 4 is 15.8 Å². The van der Waals surface area contributed by atoms with E-state index >= 15 is 0 Å². The van der Waals surface area contributed by atoms with Crippen molar-refractivity contribution in [2.45, 2.75) is 12.5 Å². The Morgan fingerprint density at radius 1 is 1.56 bits per heavy atom. The van der Waals surface area contributed by atoms with Crippen molar-refractivity contribution in [2.75, 3.05) is 38.3 Å². The molecule has 0 aliphatic carbocycles. The van der Waals surface area contributed by atoms with Crippen LogP contribution in [-0.4, -0.2) is 68.7 Å². The normalized spacial score (nSPS) is 23.2. The van der Waals surface area contributed by atoms with Crippen LogP contribution in [0.25, 0.3) is 0 Å². The van der Waals surface area contributed by atoms with Crippen LogP contribution in [0.2, 0.25) is 0 Å². The van der Waals surface area contributed by atoms with Crippen molar-refractivity contribution in [3.05, 3.63) is 0 Å². The van der Waals surface area contributed by atoms with Gasteiger partial charge in [0.05, 0.1) is 25.4 Å². The van der Waals surface area contributed by atoms with Gasteiger partial charge in [-0.15, -0.1) is 0 Å². The quantitative estimate of drug-likeness (QED) is 0.689. The maximum atomic E-state index is 11.0. The number of carbonyl (C=O) groups is 1. The number of morpholine rings is 1. The van der Waals surface area contributed by atoms with Crippen LogP contribution in [0.15, 0.2) is 0 Å². The molecule has 0 saturated carbocycles. The average molecular weight is 251 g/mol. The van der Waals surface area contributed by atoms with Gasteiger partial charge in [0.1, 0.15) is 9.84 Å². The number of carboxylic acids is 1. The molecule has 1 rings (SSSR count). The SMILES string of the molecule is CS(=O)(=O)CCN1CCOCC1CC(=O)O. The molecule has 6 nitrogen and oxygen atoms in total. The van der Waals surface area contributed by atoms with E-state index < -0.39 is 15.8 Å². The predicted octanol–water partition coefficient (Wildman–Crippen LogP) is -0.793. The first kappa shape index (κ1) is 13.4. The summed E-state index contributed by atoms with van der Waals surface area (Å²) in [4.78, 5) is 12.5. The van der Waals surface area contributed by atoms with Crippen LogP contribution < -0.4 is 0 Å². The summed E-state index contributed by atoms with van der Waals surface area (Å²) >= 11 is 0. The Morgan fingerprint density at radius 3 is 2.81 bits per heavy atom. The maximum absolute atomic E-state index is 11.0. The minimum absolute atomic E-state index is 0.0102. The molecule has 1 atom stereocenters. The third-order valence-electron chi connectivity index (χ3n) is 2.51. The van der Waals surface area contributed by atoms with Crippen LogP contribution in [0.4, 0.5) is 0 Å². The molecule has 1 aliphatic heterocycles. The largest absolute Gasteiger partial charge is 0.481 e. The first-order valence-corrected chi connectivity index (χ1v) is 7.16. The van der Waals surface area contributed by atoms with Gasteiger partial charge in [-0.05, 0) is 0 Å². The summed E-state index contributed by atoms with van der Waals surface area (Å²) in [5.74, 6) is -0.830. The number of hydrogen-bond acceptors (Lipinski definition) is 5. The molecule has 0 aromatic rings. The van der Waals surface area contributed by atoms with Crippen molar-refractivity contribution in [1.82, 2.24) is 4.90 Å². The molecular formula is C9H17NO5S. The zero-order valence-corrected chi connectivity index (χ0v) is 10.1. The van der Waals surface area contributed by atoms with Crippen molar-refractivity contribution in [2.24, 2.45) is 0 Å². The molecule has 1 N–H and O–H groups in total. The standard InChI is InChI=1S/C9H17NO5S/c1-16(13,14)5-3-10-2-4-15-7-8(10)6-9(11)12/h8H,2-7H2,1H3,(H,11,12). The third kappa shape index (κ3) is 4.91. The molecule has 1 heterocycles. The van der Waals surface area contributed by atoms with Crippen molar-refractivity contribution in [3.63, 3.8) is 0 Å². The Kier molecular flexibility index (Phi) is 4.69. The molecule has 1 unspecified atom stereocenters. The summed E-state index contributed by atoms with van der Waals surface area (Å²) in [6.45, 7) is 1.85. The number of hydrogen-bond donors (Lipinski definition) is 1. The van der Waals surface area contributed by atoms with E-state index in [0.29, 0.717) is 26.3 Å². The fraction of sp³-hybridized carbons (Fsp3) is 0.889. The minimum Gasteiger partial charge on any atom is -0.481 e. The van der Waals surface area contributed by atoms with Gasteiger partial charge >= 0.3 is 5.97 Å². The van der Waals surface area contributed by atoms with Gasteiger partial charge in [-0.1, -0.05) is 0 Å². The van der Waals surface area contributed by atoms with Crippen molar-refractivity contribution in [1.29, 1.82) is 0 Å². The molecule has 94 valence electrons. The Labute approximate surface area is 95.1 Å². The van der Waals surface area contributed by atoms with E-state index in [4.69, 9.17) is 9.84 Å². The second kappa shape index (κ2) is 5.60. The van der Waals surface area contributed by atoms with Crippen LogP contribution >= 0.6 is 0 Å². The highest BCUT2D eigenvalue weighted by molar-refractivity contribution is 7.90. The first-order valence-electron chi connectivity index (χ1n) is 5.10. The van der Waals surface area contributed by atoms with E-state index in [9.17, 15) is 13.2 Å².